The van der Waals surface area contributed by atoms with Crippen LogP contribution in [-0.4, -0.2) is 25.5 Å². The molecule has 0 atom stereocenters. The summed E-state index contributed by atoms with van der Waals surface area (Å²) < 4.78 is 32.9. The number of rotatable bonds is 5. The third-order valence-electron chi connectivity index (χ3n) is 3.32. The molecule has 0 aromatic heterocycles. The Kier molecular flexibility index (Phi) is 5.93. The monoisotopic (exact) mass is 368 g/mol. The predicted octanol–water partition coefficient (Wildman–Crippen LogP) is 3.62. The number of hydrogen-bond donors (Lipinski definition) is 1. The Labute approximate surface area is 148 Å². The lowest BCUT2D eigenvalue weighted by atomic mass is 10.2. The van der Waals surface area contributed by atoms with Crippen molar-refractivity contribution in [3.05, 3.63) is 53.1 Å². The Morgan fingerprint density at radius 1 is 1.20 bits per heavy atom. The number of hydrogen-bond acceptors (Lipinski definition) is 3. The molecule has 0 heterocycles. The number of benzene rings is 2. The number of ether oxygens (including phenoxy) is 1. The van der Waals surface area contributed by atoms with Crippen LogP contribution in [0, 0.1) is 11.6 Å². The van der Waals surface area contributed by atoms with Crippen LogP contribution in [0.25, 0.3) is 0 Å². The minimum Gasteiger partial charge on any atom is -0.495 e. The van der Waals surface area contributed by atoms with Crippen molar-refractivity contribution < 1.29 is 23.1 Å². The van der Waals surface area contributed by atoms with Crippen LogP contribution >= 0.6 is 11.6 Å². The molecule has 0 unspecified atom stereocenters. The van der Waals surface area contributed by atoms with E-state index < -0.39 is 35.7 Å². The van der Waals surface area contributed by atoms with Crippen molar-refractivity contribution in [3.63, 3.8) is 0 Å². The highest BCUT2D eigenvalue weighted by Crippen LogP contribution is 2.28. The summed E-state index contributed by atoms with van der Waals surface area (Å²) in [6, 6.07) is 7.77. The van der Waals surface area contributed by atoms with Crippen LogP contribution in [0.1, 0.15) is 6.92 Å². The van der Waals surface area contributed by atoms with E-state index in [1.54, 1.807) is 12.1 Å². The molecule has 2 amide bonds. The SMILES string of the molecule is COc1ccc(Cl)cc1NC(=O)CN(C(C)=O)c1c(F)cccc1F. The first kappa shape index (κ1) is 18.7. The molecule has 0 radical (unpaired) electrons. The van der Waals surface area contributed by atoms with Gasteiger partial charge in [0.1, 0.15) is 29.6 Å². The fourth-order valence-corrected chi connectivity index (χ4v) is 2.38. The second-order valence-corrected chi connectivity index (χ2v) is 5.50. The van der Waals surface area contributed by atoms with Gasteiger partial charge in [-0.1, -0.05) is 17.7 Å². The standard InChI is InChI=1S/C17H15ClF2N2O3/c1-10(23)22(17-12(19)4-3-5-13(17)20)9-16(24)21-14-8-11(18)6-7-15(14)25-2/h3-8H,9H2,1-2H3,(H,21,24). The number of anilines is 2. The molecule has 2 rings (SSSR count). The normalized spacial score (nSPS) is 10.3. The Morgan fingerprint density at radius 2 is 1.84 bits per heavy atom. The van der Waals surface area contributed by atoms with Crippen molar-refractivity contribution in [2.24, 2.45) is 0 Å². The third-order valence-corrected chi connectivity index (χ3v) is 3.56. The number of carbonyl (C=O) groups excluding carboxylic acids is 2. The fourth-order valence-electron chi connectivity index (χ4n) is 2.21. The molecule has 1 N–H and O–H groups in total. The first-order chi connectivity index (χ1) is 11.8. The molecule has 0 saturated carbocycles. The van der Waals surface area contributed by atoms with Crippen LogP contribution in [0.2, 0.25) is 5.02 Å². The molecule has 8 heteroatoms. The van der Waals surface area contributed by atoms with E-state index in [2.05, 4.69) is 5.32 Å². The highest BCUT2D eigenvalue weighted by Gasteiger charge is 2.23. The highest BCUT2D eigenvalue weighted by atomic mass is 35.5. The molecular weight excluding hydrogens is 354 g/mol. The molecule has 0 spiro atoms. The first-order valence-corrected chi connectivity index (χ1v) is 7.56. The van der Waals surface area contributed by atoms with E-state index in [0.29, 0.717) is 10.8 Å². The van der Waals surface area contributed by atoms with E-state index in [1.807, 2.05) is 0 Å². The Balaban J connectivity index is 2.25. The van der Waals surface area contributed by atoms with Crippen LogP contribution < -0.4 is 15.0 Å². The summed E-state index contributed by atoms with van der Waals surface area (Å²) in [6.07, 6.45) is 0. The summed E-state index contributed by atoms with van der Waals surface area (Å²) in [4.78, 5) is 24.8. The van der Waals surface area contributed by atoms with Gasteiger partial charge in [0.05, 0.1) is 12.8 Å². The second-order valence-electron chi connectivity index (χ2n) is 5.07. The largest absolute Gasteiger partial charge is 0.495 e. The van der Waals surface area contributed by atoms with Gasteiger partial charge in [-0.3, -0.25) is 14.5 Å². The maximum Gasteiger partial charge on any atom is 0.244 e. The Morgan fingerprint density at radius 3 is 2.40 bits per heavy atom. The van der Waals surface area contributed by atoms with Crippen LogP contribution in [0.15, 0.2) is 36.4 Å². The zero-order valence-electron chi connectivity index (χ0n) is 13.5. The van der Waals surface area contributed by atoms with Crippen molar-refractivity contribution in [3.8, 4) is 5.75 Å². The van der Waals surface area contributed by atoms with Gasteiger partial charge in [0, 0.05) is 11.9 Å². The van der Waals surface area contributed by atoms with Gasteiger partial charge in [0.2, 0.25) is 11.8 Å². The zero-order valence-corrected chi connectivity index (χ0v) is 14.2. The zero-order chi connectivity index (χ0) is 18.6. The van der Waals surface area contributed by atoms with Gasteiger partial charge in [-0.2, -0.15) is 0 Å². The average molecular weight is 369 g/mol. The molecule has 2 aromatic carbocycles. The summed E-state index contributed by atoms with van der Waals surface area (Å²) in [6.45, 7) is 0.530. The maximum absolute atomic E-state index is 13.9. The molecule has 0 bridgehead atoms. The third kappa shape index (κ3) is 4.45. The lowest BCUT2D eigenvalue weighted by Crippen LogP contribution is -2.37. The number of amides is 2. The summed E-state index contributed by atoms with van der Waals surface area (Å²) in [5, 5.41) is 2.87. The van der Waals surface area contributed by atoms with Crippen LogP contribution in [0.4, 0.5) is 20.2 Å². The topological polar surface area (TPSA) is 58.6 Å². The highest BCUT2D eigenvalue weighted by molar-refractivity contribution is 6.31. The van der Waals surface area contributed by atoms with E-state index in [4.69, 9.17) is 16.3 Å². The number of nitrogens with one attached hydrogen (secondary N) is 1. The molecule has 0 aliphatic carbocycles. The lowest BCUT2D eigenvalue weighted by molar-refractivity contribution is -0.120. The number of methoxy groups -OCH3 is 1. The Hall–Kier alpha value is -2.67. The van der Waals surface area contributed by atoms with Gasteiger partial charge in [0.25, 0.3) is 0 Å². The minimum absolute atomic E-state index is 0.275. The van der Waals surface area contributed by atoms with Gasteiger partial charge >= 0.3 is 0 Å². The summed E-state index contributed by atoms with van der Waals surface area (Å²) in [5.74, 6) is -2.88. The van der Waals surface area contributed by atoms with Gasteiger partial charge < -0.3 is 10.1 Å². The van der Waals surface area contributed by atoms with E-state index in [0.717, 1.165) is 24.0 Å². The number of nitrogens with zero attached hydrogens (tertiary/aromatic N) is 1. The van der Waals surface area contributed by atoms with Crippen molar-refractivity contribution in [1.29, 1.82) is 0 Å². The van der Waals surface area contributed by atoms with Crippen molar-refractivity contribution >= 4 is 34.8 Å². The second kappa shape index (κ2) is 7.94. The molecule has 5 nitrogen and oxygen atoms in total. The van der Waals surface area contributed by atoms with E-state index in [-0.39, 0.29) is 5.69 Å². The molecule has 0 aliphatic rings. The van der Waals surface area contributed by atoms with Crippen LogP contribution in [0.3, 0.4) is 0 Å². The first-order valence-electron chi connectivity index (χ1n) is 7.19. The molecule has 2 aromatic rings. The molecule has 132 valence electrons. The molecule has 0 aliphatic heterocycles. The van der Waals surface area contributed by atoms with E-state index in [9.17, 15) is 18.4 Å². The molecule has 0 saturated heterocycles. The van der Waals surface area contributed by atoms with Gasteiger partial charge in [-0.15, -0.1) is 0 Å². The van der Waals surface area contributed by atoms with Crippen molar-refractivity contribution in [2.75, 3.05) is 23.9 Å². The Bertz CT molecular complexity index is 794. The van der Waals surface area contributed by atoms with Crippen LogP contribution in [0.5, 0.6) is 5.75 Å². The fraction of sp³-hybridized carbons (Fsp3) is 0.176. The molecule has 0 fully saturated rings. The maximum atomic E-state index is 13.9. The number of halogens is 3. The summed E-state index contributed by atoms with van der Waals surface area (Å²) in [5.41, 5.74) is -0.305. The average Bonchev–Trinajstić information content (AvgIpc) is 2.53. The lowest BCUT2D eigenvalue weighted by Gasteiger charge is -2.22. The molecule has 25 heavy (non-hydrogen) atoms. The predicted molar refractivity (Wildman–Crippen MR) is 91.0 cm³/mol. The van der Waals surface area contributed by atoms with Crippen molar-refractivity contribution in [2.45, 2.75) is 6.92 Å². The van der Waals surface area contributed by atoms with E-state index in [1.165, 1.54) is 19.2 Å². The molecular formula is C17H15ClF2N2O3. The van der Waals surface area contributed by atoms with E-state index >= 15 is 0 Å². The summed E-state index contributed by atoms with van der Waals surface area (Å²) >= 11 is 5.88. The number of para-hydroxylation sites is 1. The summed E-state index contributed by atoms with van der Waals surface area (Å²) in [7, 11) is 1.41. The quantitative estimate of drug-likeness (QED) is 0.877. The smallest absolute Gasteiger partial charge is 0.244 e. The minimum atomic E-state index is -0.941. The van der Waals surface area contributed by atoms with Crippen LogP contribution in [-0.2, 0) is 9.59 Å². The number of carbonyl (C=O) groups is 2. The van der Waals surface area contributed by atoms with Gasteiger partial charge in [0.15, 0.2) is 0 Å². The van der Waals surface area contributed by atoms with Gasteiger partial charge in [-0.25, -0.2) is 8.78 Å². The van der Waals surface area contributed by atoms with Crippen molar-refractivity contribution in [1.82, 2.24) is 0 Å². The van der Waals surface area contributed by atoms with Gasteiger partial charge in [-0.05, 0) is 30.3 Å².